The molecule has 0 heterocycles. The highest BCUT2D eigenvalue weighted by molar-refractivity contribution is 7.80. The fraction of sp³-hybridized carbons (Fsp3) is 0.214. The minimum absolute atomic E-state index is 0.884. The summed E-state index contributed by atoms with van der Waals surface area (Å²) in [5.74, 6) is 0. The van der Waals surface area contributed by atoms with Crippen LogP contribution < -0.4 is 0 Å². The van der Waals surface area contributed by atoms with E-state index in [9.17, 15) is 0 Å². The maximum absolute atomic E-state index is 5.08. The summed E-state index contributed by atoms with van der Waals surface area (Å²) in [5.41, 5.74) is 3.64. The molecular weight excluding hydrogens is 200 g/mol. The first-order chi connectivity index (χ1) is 7.17. The molecule has 0 N–H and O–H groups in total. The second-order valence-electron chi connectivity index (χ2n) is 3.52. The van der Waals surface area contributed by atoms with Crippen LogP contribution in [0.4, 0.5) is 0 Å². The summed E-state index contributed by atoms with van der Waals surface area (Å²) in [6, 6.07) is 8.48. The first-order valence-electron chi connectivity index (χ1n) is 5.05. The van der Waals surface area contributed by atoms with Crippen LogP contribution in [0.5, 0.6) is 0 Å². The van der Waals surface area contributed by atoms with E-state index in [2.05, 4.69) is 36.9 Å². The molecule has 15 heavy (non-hydrogen) atoms. The van der Waals surface area contributed by atoms with Crippen LogP contribution in [-0.4, -0.2) is 4.86 Å². The molecule has 0 saturated carbocycles. The molecule has 1 aromatic carbocycles. The van der Waals surface area contributed by atoms with E-state index in [-0.39, 0.29) is 0 Å². The average Bonchev–Trinajstić information content (AvgIpc) is 2.21. The molecule has 1 aromatic rings. The molecule has 0 unspecified atom stereocenters. The van der Waals surface area contributed by atoms with Gasteiger partial charge < -0.3 is 0 Å². The zero-order valence-electron chi connectivity index (χ0n) is 9.29. The van der Waals surface area contributed by atoms with Gasteiger partial charge in [0.1, 0.15) is 0 Å². The van der Waals surface area contributed by atoms with E-state index in [1.807, 2.05) is 19.9 Å². The van der Waals surface area contributed by atoms with Crippen LogP contribution in [0.15, 0.2) is 43.0 Å². The van der Waals surface area contributed by atoms with Crippen LogP contribution in [0, 0.1) is 0 Å². The van der Waals surface area contributed by atoms with Crippen LogP contribution in [-0.2, 0) is 6.42 Å². The minimum atomic E-state index is 0.884. The lowest BCUT2D eigenvalue weighted by Crippen LogP contribution is -1.93. The second-order valence-corrected chi connectivity index (χ2v) is 4.22. The topological polar surface area (TPSA) is 0 Å². The molecule has 0 amide bonds. The molecule has 0 spiro atoms. The summed E-state index contributed by atoms with van der Waals surface area (Å²) in [5, 5.41) is 0. The molecule has 0 aliphatic rings. The van der Waals surface area contributed by atoms with Gasteiger partial charge in [0.15, 0.2) is 0 Å². The maximum atomic E-state index is 5.08. The normalized spacial score (nSPS) is 11.2. The smallest absolute Gasteiger partial charge is 0.00354 e. The highest BCUT2D eigenvalue weighted by Gasteiger charge is 1.97. The molecule has 0 saturated heterocycles. The first-order valence-corrected chi connectivity index (χ1v) is 5.45. The maximum Gasteiger partial charge on any atom is 0.00354 e. The van der Waals surface area contributed by atoms with Crippen molar-refractivity contribution in [3.8, 4) is 0 Å². The van der Waals surface area contributed by atoms with Crippen molar-refractivity contribution in [2.75, 3.05) is 0 Å². The Morgan fingerprint density at radius 1 is 1.33 bits per heavy atom. The van der Waals surface area contributed by atoms with Crippen molar-refractivity contribution < 1.29 is 0 Å². The monoisotopic (exact) mass is 216 g/mol. The lowest BCUT2D eigenvalue weighted by molar-refractivity contribution is 1.34. The van der Waals surface area contributed by atoms with Gasteiger partial charge in [0.05, 0.1) is 0 Å². The van der Waals surface area contributed by atoms with E-state index in [1.54, 1.807) is 0 Å². The van der Waals surface area contributed by atoms with Crippen molar-refractivity contribution in [1.29, 1.82) is 0 Å². The van der Waals surface area contributed by atoms with Crippen molar-refractivity contribution in [2.24, 2.45) is 0 Å². The van der Waals surface area contributed by atoms with Crippen LogP contribution in [0.25, 0.3) is 5.57 Å². The SMILES string of the molecule is C=C/C(=C\C)c1ccc(CC(C)=S)cc1. The Labute approximate surface area is 97.3 Å². The molecule has 1 heteroatoms. The summed E-state index contributed by atoms with van der Waals surface area (Å²) in [6.07, 6.45) is 4.82. The summed E-state index contributed by atoms with van der Waals surface area (Å²) in [7, 11) is 0. The Bertz CT molecular complexity index is 382. The van der Waals surface area contributed by atoms with Gasteiger partial charge in [0.2, 0.25) is 0 Å². The number of hydrogen-bond acceptors (Lipinski definition) is 1. The molecule has 0 aromatic heterocycles. The largest absolute Gasteiger partial charge is 0.0985 e. The van der Waals surface area contributed by atoms with Crippen molar-refractivity contribution in [3.05, 3.63) is 54.1 Å². The van der Waals surface area contributed by atoms with Gasteiger partial charge in [0, 0.05) is 6.42 Å². The summed E-state index contributed by atoms with van der Waals surface area (Å²) < 4.78 is 0. The van der Waals surface area contributed by atoms with E-state index in [0.717, 1.165) is 11.3 Å². The average molecular weight is 216 g/mol. The van der Waals surface area contributed by atoms with E-state index >= 15 is 0 Å². The molecule has 0 aliphatic carbocycles. The Hall–Kier alpha value is -1.21. The molecule has 0 radical (unpaired) electrons. The Kier molecular flexibility index (Phi) is 4.44. The number of rotatable bonds is 4. The summed E-state index contributed by atoms with van der Waals surface area (Å²) in [6.45, 7) is 7.79. The molecule has 78 valence electrons. The fourth-order valence-corrected chi connectivity index (χ4v) is 1.67. The summed E-state index contributed by atoms with van der Waals surface area (Å²) >= 11 is 5.08. The lowest BCUT2D eigenvalue weighted by atomic mass is 10.0. The Balaban J connectivity index is 2.89. The van der Waals surface area contributed by atoms with Crippen LogP contribution in [0.2, 0.25) is 0 Å². The van der Waals surface area contributed by atoms with Crippen molar-refractivity contribution >= 4 is 22.7 Å². The third-order valence-electron chi connectivity index (χ3n) is 2.27. The number of thiocarbonyl (C=S) groups is 1. The predicted molar refractivity (Wildman–Crippen MR) is 72.3 cm³/mol. The highest BCUT2D eigenvalue weighted by Crippen LogP contribution is 2.16. The standard InChI is InChI=1S/C14H16S/c1-4-13(5-2)14-8-6-12(7-9-14)10-11(3)15/h4-9H,1,10H2,2-3H3/b13-5+. The fourth-order valence-electron chi connectivity index (χ4n) is 1.50. The molecule has 0 nitrogen and oxygen atoms in total. The van der Waals surface area contributed by atoms with Gasteiger partial charge in [-0.1, -0.05) is 55.2 Å². The second kappa shape index (κ2) is 5.62. The van der Waals surface area contributed by atoms with Gasteiger partial charge in [-0.3, -0.25) is 0 Å². The van der Waals surface area contributed by atoms with Crippen molar-refractivity contribution in [2.45, 2.75) is 20.3 Å². The van der Waals surface area contributed by atoms with Crippen molar-refractivity contribution in [1.82, 2.24) is 0 Å². The minimum Gasteiger partial charge on any atom is -0.0985 e. The summed E-state index contributed by atoms with van der Waals surface area (Å²) in [4.78, 5) is 1.03. The molecule has 0 aliphatic heterocycles. The lowest BCUT2D eigenvalue weighted by Gasteiger charge is -2.04. The zero-order chi connectivity index (χ0) is 11.3. The van der Waals surface area contributed by atoms with Crippen LogP contribution in [0.3, 0.4) is 0 Å². The Morgan fingerprint density at radius 3 is 2.33 bits per heavy atom. The van der Waals surface area contributed by atoms with E-state index in [4.69, 9.17) is 12.2 Å². The number of benzene rings is 1. The van der Waals surface area contributed by atoms with Gasteiger partial charge in [-0.05, 0) is 35.4 Å². The van der Waals surface area contributed by atoms with Gasteiger partial charge in [-0.15, -0.1) is 0 Å². The van der Waals surface area contributed by atoms with Gasteiger partial charge >= 0.3 is 0 Å². The van der Waals surface area contributed by atoms with Crippen LogP contribution >= 0.6 is 12.2 Å². The predicted octanol–water partition coefficient (Wildman–Crippen LogP) is 4.21. The quantitative estimate of drug-likeness (QED) is 0.536. The Morgan fingerprint density at radius 2 is 1.93 bits per heavy atom. The van der Waals surface area contributed by atoms with E-state index in [1.165, 1.54) is 16.7 Å². The molecule has 1 rings (SSSR count). The third-order valence-corrected chi connectivity index (χ3v) is 2.42. The number of allylic oxidation sites excluding steroid dienone is 3. The van der Waals surface area contributed by atoms with Gasteiger partial charge in [-0.25, -0.2) is 0 Å². The third kappa shape index (κ3) is 3.45. The highest BCUT2D eigenvalue weighted by atomic mass is 32.1. The van der Waals surface area contributed by atoms with E-state index < -0.39 is 0 Å². The molecule has 0 bridgehead atoms. The molecule has 0 atom stereocenters. The van der Waals surface area contributed by atoms with Crippen molar-refractivity contribution in [3.63, 3.8) is 0 Å². The van der Waals surface area contributed by atoms with Gasteiger partial charge in [-0.2, -0.15) is 0 Å². The van der Waals surface area contributed by atoms with Crippen LogP contribution in [0.1, 0.15) is 25.0 Å². The van der Waals surface area contributed by atoms with Gasteiger partial charge in [0.25, 0.3) is 0 Å². The number of hydrogen-bond donors (Lipinski definition) is 0. The zero-order valence-corrected chi connectivity index (χ0v) is 10.1. The molecular formula is C14H16S. The van der Waals surface area contributed by atoms with E-state index in [0.29, 0.717) is 0 Å². The first kappa shape index (κ1) is 11.9. The molecule has 0 fully saturated rings.